The number of fused-ring (bicyclic) bond motifs is 3. The van der Waals surface area contributed by atoms with Crippen LogP contribution in [0, 0.1) is 28.6 Å². The first-order chi connectivity index (χ1) is 19.2. The minimum atomic E-state index is -2.28. The zero-order valence-corrected chi connectivity index (χ0v) is 25.7. The molecule has 41 heavy (non-hydrogen) atoms. The Hall–Kier alpha value is -2.29. The van der Waals surface area contributed by atoms with Crippen LogP contribution in [0.15, 0.2) is 34.9 Å². The van der Waals surface area contributed by atoms with Crippen LogP contribution in [-0.4, -0.2) is 63.1 Å². The molecule has 8 heteroatoms. The van der Waals surface area contributed by atoms with E-state index in [2.05, 4.69) is 6.92 Å². The van der Waals surface area contributed by atoms with E-state index in [9.17, 15) is 29.7 Å². The van der Waals surface area contributed by atoms with Gasteiger partial charge in [0.05, 0.1) is 5.41 Å². The highest BCUT2D eigenvalue weighted by Gasteiger charge is 2.83. The molecular formula is C33H48O8. The van der Waals surface area contributed by atoms with E-state index < -0.39 is 58.0 Å². The Balaban J connectivity index is 1.75. The Morgan fingerprint density at radius 3 is 2.41 bits per heavy atom. The SMILES string of the molecule is C/C=C(\C)C(=O)OCC1=C[C@@H]2C(=O)[C@]3(C=C(C)[C@H](O)[C@@]3(O)[C@@H]1O)[C@H](C)C[C@]1(OC(=O)CCCCCCC)[C@H]2C1(C)C. The van der Waals surface area contributed by atoms with Crippen LogP contribution in [0.3, 0.4) is 0 Å². The van der Waals surface area contributed by atoms with Gasteiger partial charge in [-0.1, -0.05) is 71.6 Å². The number of ketones is 1. The first-order valence-corrected chi connectivity index (χ1v) is 15.2. The Morgan fingerprint density at radius 2 is 1.78 bits per heavy atom. The summed E-state index contributed by atoms with van der Waals surface area (Å²) in [5.41, 5.74) is -4.47. The first kappa shape index (κ1) is 31.6. The number of aliphatic hydroxyl groups excluding tert-OH is 2. The van der Waals surface area contributed by atoms with Crippen LogP contribution in [0.2, 0.25) is 0 Å². The van der Waals surface area contributed by atoms with E-state index in [0.29, 0.717) is 24.0 Å². The summed E-state index contributed by atoms with van der Waals surface area (Å²) in [4.78, 5) is 40.3. The predicted molar refractivity (Wildman–Crippen MR) is 153 cm³/mol. The molecule has 0 heterocycles. The van der Waals surface area contributed by atoms with Crippen molar-refractivity contribution in [2.24, 2.45) is 28.6 Å². The molecule has 4 aliphatic carbocycles. The Morgan fingerprint density at radius 1 is 1.12 bits per heavy atom. The van der Waals surface area contributed by atoms with E-state index in [1.807, 2.05) is 20.8 Å². The lowest BCUT2D eigenvalue weighted by atomic mass is 9.59. The van der Waals surface area contributed by atoms with Crippen molar-refractivity contribution in [2.45, 2.75) is 117 Å². The number of ether oxygens (including phenoxy) is 2. The van der Waals surface area contributed by atoms with Gasteiger partial charge in [-0.25, -0.2) is 4.79 Å². The van der Waals surface area contributed by atoms with Gasteiger partial charge in [0.2, 0.25) is 0 Å². The molecule has 0 amide bonds. The Labute approximate surface area is 243 Å². The third kappa shape index (κ3) is 4.56. The molecule has 0 unspecified atom stereocenters. The quantitative estimate of drug-likeness (QED) is 0.152. The number of hydrogen-bond donors (Lipinski definition) is 3. The van der Waals surface area contributed by atoms with Gasteiger partial charge >= 0.3 is 11.9 Å². The van der Waals surface area contributed by atoms with Crippen LogP contribution in [0.1, 0.15) is 93.4 Å². The van der Waals surface area contributed by atoms with Gasteiger partial charge in [0.15, 0.2) is 5.78 Å². The van der Waals surface area contributed by atoms with Crippen LogP contribution in [0.4, 0.5) is 0 Å². The minimum Gasteiger partial charge on any atom is -0.458 e. The largest absolute Gasteiger partial charge is 0.458 e. The number of Topliss-reactive ketones (excluding diaryl/α,β-unsaturated/α-hetero) is 1. The number of rotatable bonds is 10. The molecule has 0 aromatic heterocycles. The highest BCUT2D eigenvalue weighted by atomic mass is 16.6. The second kappa shape index (κ2) is 11.1. The van der Waals surface area contributed by atoms with Gasteiger partial charge in [-0.15, -0.1) is 0 Å². The van der Waals surface area contributed by atoms with Crippen LogP contribution in [0.25, 0.3) is 0 Å². The fourth-order valence-corrected chi connectivity index (χ4v) is 8.23. The molecule has 2 fully saturated rings. The summed E-state index contributed by atoms with van der Waals surface area (Å²) in [6.07, 6.45) is 7.26. The van der Waals surface area contributed by atoms with Crippen LogP contribution >= 0.6 is 0 Å². The zero-order chi connectivity index (χ0) is 30.5. The molecule has 0 radical (unpaired) electrons. The van der Waals surface area contributed by atoms with Gasteiger partial charge in [0, 0.05) is 29.2 Å². The lowest BCUT2D eigenvalue weighted by molar-refractivity contribution is -0.192. The predicted octanol–water partition coefficient (Wildman–Crippen LogP) is 4.36. The van der Waals surface area contributed by atoms with E-state index in [1.165, 1.54) is 0 Å². The fraction of sp³-hybridized carbons (Fsp3) is 0.727. The zero-order valence-electron chi connectivity index (χ0n) is 25.7. The first-order valence-electron chi connectivity index (χ1n) is 15.2. The number of allylic oxidation sites excluding steroid dienone is 2. The molecule has 8 nitrogen and oxygen atoms in total. The smallest absolute Gasteiger partial charge is 0.333 e. The van der Waals surface area contributed by atoms with Gasteiger partial charge in [-0.2, -0.15) is 0 Å². The van der Waals surface area contributed by atoms with E-state index in [0.717, 1.165) is 32.1 Å². The van der Waals surface area contributed by atoms with E-state index in [-0.39, 0.29) is 23.9 Å². The van der Waals surface area contributed by atoms with Gasteiger partial charge in [0.1, 0.15) is 30.0 Å². The van der Waals surface area contributed by atoms with Crippen molar-refractivity contribution in [3.05, 3.63) is 34.9 Å². The lowest BCUT2D eigenvalue weighted by Gasteiger charge is -2.48. The van der Waals surface area contributed by atoms with Crippen molar-refractivity contribution < 1.29 is 39.2 Å². The van der Waals surface area contributed by atoms with Gasteiger partial charge in [-0.05, 0) is 50.7 Å². The normalized spacial score (nSPS) is 39.0. The van der Waals surface area contributed by atoms with Gasteiger partial charge in [-0.3, -0.25) is 9.59 Å². The van der Waals surface area contributed by atoms with Crippen molar-refractivity contribution in [2.75, 3.05) is 6.61 Å². The molecule has 0 saturated heterocycles. The number of aliphatic hydroxyl groups is 3. The average Bonchev–Trinajstić information content (AvgIpc) is 3.34. The topological polar surface area (TPSA) is 130 Å². The molecular weight excluding hydrogens is 524 g/mol. The van der Waals surface area contributed by atoms with Crippen molar-refractivity contribution in [3.8, 4) is 0 Å². The number of esters is 2. The van der Waals surface area contributed by atoms with E-state index >= 15 is 0 Å². The summed E-state index contributed by atoms with van der Waals surface area (Å²) in [5, 5.41) is 35.2. The number of carbonyl (C=O) groups is 3. The Bertz CT molecular complexity index is 1180. The summed E-state index contributed by atoms with van der Waals surface area (Å²) in [6, 6.07) is 0. The summed E-state index contributed by atoms with van der Waals surface area (Å²) >= 11 is 0. The van der Waals surface area contributed by atoms with E-state index in [4.69, 9.17) is 9.47 Å². The molecule has 2 bridgehead atoms. The van der Waals surface area contributed by atoms with Crippen LogP contribution in [-0.2, 0) is 23.9 Å². The molecule has 4 rings (SSSR count). The second-order valence-electron chi connectivity index (χ2n) is 13.4. The molecule has 1 spiro atoms. The monoisotopic (exact) mass is 572 g/mol. The summed E-state index contributed by atoms with van der Waals surface area (Å²) in [6.45, 7) is 12.5. The molecule has 0 aromatic rings. The summed E-state index contributed by atoms with van der Waals surface area (Å²) in [7, 11) is 0. The van der Waals surface area contributed by atoms with Crippen molar-refractivity contribution in [1.29, 1.82) is 0 Å². The maximum Gasteiger partial charge on any atom is 0.333 e. The minimum absolute atomic E-state index is 0.153. The maximum absolute atomic E-state index is 14.6. The third-order valence-electron chi connectivity index (χ3n) is 10.8. The maximum atomic E-state index is 14.6. The van der Waals surface area contributed by atoms with Gasteiger partial charge < -0.3 is 24.8 Å². The molecule has 228 valence electrons. The molecule has 8 atom stereocenters. The molecule has 0 aromatic carbocycles. The lowest BCUT2D eigenvalue weighted by Crippen LogP contribution is -2.65. The number of unbranched alkanes of at least 4 members (excludes halogenated alkanes) is 4. The third-order valence-corrected chi connectivity index (χ3v) is 10.8. The molecule has 0 aliphatic heterocycles. The standard InChI is InChI=1S/C33H48O8/c1-8-10-11-12-13-14-24(34)41-32-17-21(5)31-16-20(4)26(35)33(31,39)27(36)22(18-40-29(38)19(3)9-2)15-23(28(31)37)25(32)30(32,6)7/h9,15-16,21,23,25-27,35-36,39H,8,10-14,17-18H2,1-7H3/b19-9+/t21-,23+,25-,26+,27-,31+,32+,33-/m1/s1. The second-order valence-corrected chi connectivity index (χ2v) is 13.4. The highest BCUT2D eigenvalue weighted by Crippen LogP contribution is 2.75. The molecule has 4 aliphatic rings. The van der Waals surface area contributed by atoms with Crippen molar-refractivity contribution in [3.63, 3.8) is 0 Å². The summed E-state index contributed by atoms with van der Waals surface area (Å²) in [5.74, 6) is -3.01. The van der Waals surface area contributed by atoms with Crippen LogP contribution in [0.5, 0.6) is 0 Å². The van der Waals surface area contributed by atoms with Crippen molar-refractivity contribution in [1.82, 2.24) is 0 Å². The molecule has 3 N–H and O–H groups in total. The van der Waals surface area contributed by atoms with Crippen molar-refractivity contribution >= 4 is 17.7 Å². The van der Waals surface area contributed by atoms with Crippen LogP contribution < -0.4 is 0 Å². The van der Waals surface area contributed by atoms with Gasteiger partial charge in [0.25, 0.3) is 0 Å². The number of carbonyl (C=O) groups excluding carboxylic acids is 3. The Kier molecular flexibility index (Phi) is 8.55. The highest BCUT2D eigenvalue weighted by molar-refractivity contribution is 5.96. The fourth-order valence-electron chi connectivity index (χ4n) is 8.23. The average molecular weight is 573 g/mol. The summed E-state index contributed by atoms with van der Waals surface area (Å²) < 4.78 is 11.8. The van der Waals surface area contributed by atoms with E-state index in [1.54, 1.807) is 39.0 Å². The molecule has 2 saturated carbocycles. The number of hydrogen-bond acceptors (Lipinski definition) is 8.